The van der Waals surface area contributed by atoms with Crippen LogP contribution >= 0.6 is 0 Å². The number of hydrogen-bond acceptors (Lipinski definition) is 5. The fourth-order valence-corrected chi connectivity index (χ4v) is 4.79. The van der Waals surface area contributed by atoms with Crippen LogP contribution in [-0.2, 0) is 29.3 Å². The predicted octanol–water partition coefficient (Wildman–Crippen LogP) is 5.65. The van der Waals surface area contributed by atoms with Gasteiger partial charge in [0.15, 0.2) is 5.82 Å². The zero-order valence-corrected chi connectivity index (χ0v) is 19.1. The van der Waals surface area contributed by atoms with Crippen molar-refractivity contribution in [1.82, 2.24) is 14.4 Å². The molecular formula is C25H20F3N3O3S. The van der Waals surface area contributed by atoms with Crippen molar-refractivity contribution in [3.05, 3.63) is 113 Å². The van der Waals surface area contributed by atoms with E-state index in [0.29, 0.717) is 5.56 Å². The van der Waals surface area contributed by atoms with Crippen molar-refractivity contribution >= 4 is 22.2 Å². The van der Waals surface area contributed by atoms with E-state index in [4.69, 9.17) is 0 Å². The topological polar surface area (TPSA) is 76.3 Å². The van der Waals surface area contributed by atoms with Gasteiger partial charge in [-0.3, -0.25) is 0 Å². The van der Waals surface area contributed by atoms with Gasteiger partial charge in [-0.05, 0) is 34.9 Å². The molecule has 1 aromatic heterocycles. The van der Waals surface area contributed by atoms with E-state index in [9.17, 15) is 21.6 Å². The molecule has 0 fully saturated rings. The first-order chi connectivity index (χ1) is 16.7. The summed E-state index contributed by atoms with van der Waals surface area (Å²) in [5.41, 5.74) is 2.12. The zero-order valence-electron chi connectivity index (χ0n) is 18.3. The first-order valence-corrected chi connectivity index (χ1v) is 11.9. The molecule has 4 aromatic rings. The largest absolute Gasteiger partial charge is 0.471 e. The molecule has 0 spiro atoms. The van der Waals surface area contributed by atoms with E-state index in [2.05, 4.69) is 14.7 Å². The average Bonchev–Trinajstić information content (AvgIpc) is 3.34. The minimum absolute atomic E-state index is 0.0515. The van der Waals surface area contributed by atoms with Crippen LogP contribution in [0.3, 0.4) is 0 Å². The summed E-state index contributed by atoms with van der Waals surface area (Å²) in [4.78, 5) is 3.33. The molecule has 180 valence electrons. The van der Waals surface area contributed by atoms with Gasteiger partial charge >= 0.3 is 12.1 Å². The molecule has 0 unspecified atom stereocenters. The summed E-state index contributed by atoms with van der Waals surface area (Å²) in [5, 5.41) is 3.27. The van der Waals surface area contributed by atoms with E-state index in [1.54, 1.807) is 12.1 Å². The Hall–Kier alpha value is -3.76. The normalized spacial score (nSPS) is 12.5. The van der Waals surface area contributed by atoms with Crippen molar-refractivity contribution in [2.24, 2.45) is 0 Å². The van der Waals surface area contributed by atoms with E-state index in [0.717, 1.165) is 11.1 Å². The molecule has 0 aliphatic carbocycles. The molecule has 10 heteroatoms. The van der Waals surface area contributed by atoms with Gasteiger partial charge in [0.1, 0.15) is 0 Å². The van der Waals surface area contributed by atoms with E-state index >= 15 is 0 Å². The van der Waals surface area contributed by atoms with Gasteiger partial charge in [-0.2, -0.15) is 22.5 Å². The Morgan fingerprint density at radius 3 is 1.97 bits per heavy atom. The van der Waals surface area contributed by atoms with E-state index in [1.165, 1.54) is 28.6 Å². The number of nitrogens with zero attached hydrogens (tertiary/aromatic N) is 3. The lowest BCUT2D eigenvalue weighted by atomic mass is 10.2. The summed E-state index contributed by atoms with van der Waals surface area (Å²) in [7, 11) is -3.92. The Morgan fingerprint density at radius 2 is 1.43 bits per heavy atom. The van der Waals surface area contributed by atoms with Crippen LogP contribution in [0, 0.1) is 0 Å². The van der Waals surface area contributed by atoms with Gasteiger partial charge < -0.3 is 4.52 Å². The predicted molar refractivity (Wildman–Crippen MR) is 124 cm³/mol. The third-order valence-corrected chi connectivity index (χ3v) is 6.80. The molecule has 0 saturated carbocycles. The molecule has 0 aliphatic heterocycles. The Balaban J connectivity index is 1.61. The molecule has 0 saturated heterocycles. The highest BCUT2D eigenvalue weighted by Crippen LogP contribution is 2.28. The van der Waals surface area contributed by atoms with Crippen LogP contribution in [0.5, 0.6) is 0 Å². The molecule has 4 rings (SSSR count). The Morgan fingerprint density at radius 1 is 0.829 bits per heavy atom. The van der Waals surface area contributed by atoms with Crippen molar-refractivity contribution in [1.29, 1.82) is 0 Å². The van der Waals surface area contributed by atoms with Crippen molar-refractivity contribution in [2.45, 2.75) is 24.2 Å². The second kappa shape index (κ2) is 10.2. The summed E-state index contributed by atoms with van der Waals surface area (Å²) in [6.45, 7) is 0.336. The Bertz CT molecular complexity index is 1360. The number of halogens is 3. The van der Waals surface area contributed by atoms with E-state index in [-0.39, 0.29) is 23.8 Å². The third kappa shape index (κ3) is 6.23. The number of aromatic nitrogens is 2. The number of hydrogen-bond donors (Lipinski definition) is 0. The molecule has 6 nitrogen and oxygen atoms in total. The molecule has 0 N–H and O–H groups in total. The number of benzene rings is 3. The Labute approximate surface area is 200 Å². The lowest BCUT2D eigenvalue weighted by molar-refractivity contribution is -0.159. The maximum atomic E-state index is 13.6. The first-order valence-electron chi connectivity index (χ1n) is 10.5. The lowest BCUT2D eigenvalue weighted by Crippen LogP contribution is -2.30. The van der Waals surface area contributed by atoms with Crippen LogP contribution in [0.25, 0.3) is 12.2 Å². The number of sulfonamides is 1. The molecule has 0 bridgehead atoms. The van der Waals surface area contributed by atoms with Gasteiger partial charge in [-0.1, -0.05) is 84.0 Å². The Kier molecular flexibility index (Phi) is 7.13. The van der Waals surface area contributed by atoms with Crippen molar-refractivity contribution < 1.29 is 26.1 Å². The summed E-state index contributed by atoms with van der Waals surface area (Å²) in [5.74, 6) is -1.73. The standard InChI is InChI=1S/C25H20F3N3O3S/c26-25(27,28)24-29-23(30-34-24)15-14-19-12-7-13-22(16-19)35(32,33)31(17-20-8-3-1-4-9-20)18-21-10-5-2-6-11-21/h1-16H,17-18H2/b15-14+. The minimum Gasteiger partial charge on any atom is -0.329 e. The number of rotatable bonds is 8. The zero-order chi connectivity index (χ0) is 24.9. The summed E-state index contributed by atoms with van der Waals surface area (Å²) >= 11 is 0. The molecule has 3 aromatic carbocycles. The molecule has 0 amide bonds. The van der Waals surface area contributed by atoms with Crippen LogP contribution in [0.15, 0.2) is 94.3 Å². The van der Waals surface area contributed by atoms with Gasteiger partial charge in [0.25, 0.3) is 0 Å². The maximum absolute atomic E-state index is 13.6. The summed E-state index contributed by atoms with van der Waals surface area (Å²) in [6.07, 6.45) is -2.10. The van der Waals surface area contributed by atoms with Crippen LogP contribution in [0.4, 0.5) is 13.2 Å². The summed E-state index contributed by atoms with van der Waals surface area (Å²) < 4.78 is 70.8. The molecule has 1 heterocycles. The lowest BCUT2D eigenvalue weighted by Gasteiger charge is -2.23. The van der Waals surface area contributed by atoms with E-state index in [1.807, 2.05) is 60.7 Å². The quantitative estimate of drug-likeness (QED) is 0.313. The van der Waals surface area contributed by atoms with Crippen LogP contribution in [0.1, 0.15) is 28.4 Å². The van der Waals surface area contributed by atoms with Gasteiger partial charge in [0.05, 0.1) is 4.90 Å². The fourth-order valence-electron chi connectivity index (χ4n) is 3.32. The van der Waals surface area contributed by atoms with Gasteiger partial charge in [-0.25, -0.2) is 8.42 Å². The van der Waals surface area contributed by atoms with Gasteiger partial charge in [-0.15, -0.1) is 0 Å². The SMILES string of the molecule is O=S(=O)(c1cccc(/C=C/c2noc(C(F)(F)F)n2)c1)N(Cc1ccccc1)Cc1ccccc1. The van der Waals surface area contributed by atoms with E-state index < -0.39 is 22.1 Å². The highest BCUT2D eigenvalue weighted by atomic mass is 32.2. The third-order valence-electron chi connectivity index (χ3n) is 5.01. The average molecular weight is 500 g/mol. The van der Waals surface area contributed by atoms with Crippen LogP contribution in [-0.4, -0.2) is 22.9 Å². The molecule has 0 radical (unpaired) electrons. The fraction of sp³-hybridized carbons (Fsp3) is 0.120. The highest BCUT2D eigenvalue weighted by molar-refractivity contribution is 7.89. The molecular weight excluding hydrogens is 479 g/mol. The van der Waals surface area contributed by atoms with Crippen LogP contribution in [0.2, 0.25) is 0 Å². The van der Waals surface area contributed by atoms with Gasteiger partial charge in [0.2, 0.25) is 10.0 Å². The van der Waals surface area contributed by atoms with Crippen molar-refractivity contribution in [2.75, 3.05) is 0 Å². The molecule has 35 heavy (non-hydrogen) atoms. The first kappa shape index (κ1) is 24.4. The summed E-state index contributed by atoms with van der Waals surface area (Å²) in [6, 6.07) is 24.6. The van der Waals surface area contributed by atoms with Gasteiger partial charge in [0, 0.05) is 13.1 Å². The smallest absolute Gasteiger partial charge is 0.329 e. The molecule has 0 atom stereocenters. The minimum atomic E-state index is -4.74. The second-order valence-electron chi connectivity index (χ2n) is 7.61. The number of alkyl halides is 3. The highest BCUT2D eigenvalue weighted by Gasteiger charge is 2.38. The maximum Gasteiger partial charge on any atom is 0.471 e. The van der Waals surface area contributed by atoms with Crippen molar-refractivity contribution in [3.63, 3.8) is 0 Å². The second-order valence-corrected chi connectivity index (χ2v) is 9.54. The monoisotopic (exact) mass is 499 g/mol. The van der Waals surface area contributed by atoms with Crippen LogP contribution < -0.4 is 0 Å². The van der Waals surface area contributed by atoms with Crippen molar-refractivity contribution in [3.8, 4) is 0 Å². The molecule has 0 aliphatic rings.